The Labute approximate surface area is 227 Å². The number of fused-ring (bicyclic) bond motifs is 1. The van der Waals surface area contributed by atoms with Gasteiger partial charge in [-0.15, -0.1) is 0 Å². The van der Waals surface area contributed by atoms with E-state index in [1.165, 1.54) is 0 Å². The molecule has 0 atom stereocenters. The second kappa shape index (κ2) is 11.2. The van der Waals surface area contributed by atoms with Crippen LogP contribution in [0.1, 0.15) is 11.1 Å². The number of hydrogen-bond donors (Lipinski definition) is 2. The van der Waals surface area contributed by atoms with Crippen LogP contribution in [-0.4, -0.2) is 29.3 Å². The van der Waals surface area contributed by atoms with E-state index in [9.17, 15) is 14.4 Å². The van der Waals surface area contributed by atoms with Crippen molar-refractivity contribution in [2.45, 2.75) is 13.3 Å². The van der Waals surface area contributed by atoms with Gasteiger partial charge in [0.15, 0.2) is 5.75 Å². The normalized spacial score (nSPS) is 14.2. The number of aryl methyl sites for hydroxylation is 1. The molecule has 1 aliphatic heterocycles. The molecular formula is C29H23ClN2O5S. The number of ether oxygens (including phenoxy) is 2. The van der Waals surface area contributed by atoms with Crippen molar-refractivity contribution in [2.24, 2.45) is 0 Å². The fourth-order valence-electron chi connectivity index (χ4n) is 4.04. The minimum Gasteiger partial charge on any atom is -0.490 e. The number of thioether (sulfide) groups is 1. The molecule has 2 N–H and O–H groups in total. The van der Waals surface area contributed by atoms with E-state index >= 15 is 0 Å². The van der Waals surface area contributed by atoms with Gasteiger partial charge in [-0.25, -0.2) is 0 Å². The highest BCUT2D eigenvalue weighted by Crippen LogP contribution is 2.29. The lowest BCUT2D eigenvalue weighted by molar-refractivity contribution is -0.115. The summed E-state index contributed by atoms with van der Waals surface area (Å²) < 4.78 is 11.8. The van der Waals surface area contributed by atoms with Crippen LogP contribution < -0.4 is 20.2 Å². The van der Waals surface area contributed by atoms with Crippen LogP contribution in [0.25, 0.3) is 22.2 Å². The number of amides is 2. The summed E-state index contributed by atoms with van der Waals surface area (Å²) >= 11 is 6.97. The monoisotopic (exact) mass is 546 g/mol. The Morgan fingerprint density at radius 3 is 2.37 bits per heavy atom. The molecule has 1 fully saturated rings. The number of allylic oxidation sites excluding steroid dienone is 1. The Hall–Kier alpha value is -4.01. The fraction of sp³-hybridized carbons (Fsp3) is 0.138. The van der Waals surface area contributed by atoms with Crippen LogP contribution >= 0.6 is 23.4 Å². The highest BCUT2D eigenvalue weighted by atomic mass is 35.5. The van der Waals surface area contributed by atoms with Gasteiger partial charge in [-0.1, -0.05) is 48.0 Å². The fourth-order valence-corrected chi connectivity index (χ4v) is 4.82. The number of aromatic nitrogens is 1. The van der Waals surface area contributed by atoms with E-state index in [0.717, 1.165) is 34.0 Å². The van der Waals surface area contributed by atoms with Crippen LogP contribution in [0.2, 0.25) is 5.02 Å². The van der Waals surface area contributed by atoms with Gasteiger partial charge < -0.3 is 14.5 Å². The Morgan fingerprint density at radius 2 is 1.66 bits per heavy atom. The summed E-state index contributed by atoms with van der Waals surface area (Å²) in [5.41, 5.74) is 3.92. The molecule has 1 saturated heterocycles. The average molecular weight is 547 g/mol. The molecule has 0 unspecified atom stereocenters. The highest BCUT2D eigenvalue weighted by Gasteiger charge is 2.24. The minimum atomic E-state index is -0.362. The van der Waals surface area contributed by atoms with Gasteiger partial charge in [0.25, 0.3) is 11.1 Å². The number of carbonyl (C=O) groups is 2. The van der Waals surface area contributed by atoms with Crippen molar-refractivity contribution >= 4 is 45.4 Å². The van der Waals surface area contributed by atoms with E-state index in [0.29, 0.717) is 33.2 Å². The molecule has 3 aromatic carbocycles. The Morgan fingerprint density at radius 1 is 0.921 bits per heavy atom. The quantitative estimate of drug-likeness (QED) is 0.207. The third kappa shape index (κ3) is 5.77. The van der Waals surface area contributed by atoms with Gasteiger partial charge in [-0.2, -0.15) is 0 Å². The number of nitrogens with one attached hydrogen (secondary N) is 2. The Bertz CT molecular complexity index is 1610. The molecule has 0 saturated carbocycles. The van der Waals surface area contributed by atoms with Gasteiger partial charge >= 0.3 is 0 Å². The summed E-state index contributed by atoms with van der Waals surface area (Å²) in [6.45, 7) is 2.36. The van der Waals surface area contributed by atoms with Gasteiger partial charge in [0, 0.05) is 16.0 Å². The largest absolute Gasteiger partial charge is 0.490 e. The topological polar surface area (TPSA) is 97.5 Å². The summed E-state index contributed by atoms with van der Waals surface area (Å²) in [5, 5.41) is 3.04. The van der Waals surface area contributed by atoms with Crippen LogP contribution in [0.3, 0.4) is 0 Å². The molecule has 0 spiro atoms. The third-order valence-corrected chi connectivity index (χ3v) is 7.04. The zero-order valence-electron chi connectivity index (χ0n) is 20.4. The molecule has 7 nitrogen and oxygen atoms in total. The van der Waals surface area contributed by atoms with Gasteiger partial charge in [0.05, 0.1) is 16.1 Å². The smallest absolute Gasteiger partial charge is 0.290 e. The van der Waals surface area contributed by atoms with Crippen molar-refractivity contribution in [3.63, 3.8) is 0 Å². The predicted molar refractivity (Wildman–Crippen MR) is 150 cm³/mol. The van der Waals surface area contributed by atoms with Gasteiger partial charge in [0.1, 0.15) is 19.0 Å². The zero-order valence-corrected chi connectivity index (χ0v) is 21.9. The van der Waals surface area contributed by atoms with Crippen molar-refractivity contribution in [3.8, 4) is 22.8 Å². The highest BCUT2D eigenvalue weighted by molar-refractivity contribution is 8.18. The van der Waals surface area contributed by atoms with E-state index < -0.39 is 0 Å². The summed E-state index contributed by atoms with van der Waals surface area (Å²) in [6, 6.07) is 20.3. The lowest BCUT2D eigenvalue weighted by atomic mass is 10.1. The summed E-state index contributed by atoms with van der Waals surface area (Å²) in [6.07, 6.45) is 2.25. The molecule has 0 aliphatic carbocycles. The van der Waals surface area contributed by atoms with Gasteiger partial charge in [-0.3, -0.25) is 19.7 Å². The maximum Gasteiger partial charge on any atom is 0.290 e. The molecular weight excluding hydrogens is 524 g/mol. The maximum absolute atomic E-state index is 13.3. The molecule has 1 aliphatic rings. The van der Waals surface area contributed by atoms with Crippen LogP contribution in [-0.2, 0) is 11.2 Å². The van der Waals surface area contributed by atoms with Crippen molar-refractivity contribution in [1.29, 1.82) is 0 Å². The Kier molecular flexibility index (Phi) is 7.53. The number of carbonyl (C=O) groups excluding carboxylic acids is 2. The van der Waals surface area contributed by atoms with Crippen LogP contribution in [0.5, 0.6) is 11.5 Å². The lowest BCUT2D eigenvalue weighted by Crippen LogP contribution is -2.17. The first-order valence-electron chi connectivity index (χ1n) is 11.9. The number of rotatable bonds is 8. The molecule has 192 valence electrons. The average Bonchev–Trinajstić information content (AvgIpc) is 3.23. The molecule has 2 amide bonds. The minimum absolute atomic E-state index is 0.162. The number of imide groups is 1. The van der Waals surface area contributed by atoms with E-state index in [1.54, 1.807) is 24.3 Å². The molecule has 5 rings (SSSR count). The standard InChI is InChI=1S/C29H23ClN2O5S/c1-17-2-12-22-23(16-17)31-25(19-6-8-20(30)9-7-19)27(26(22)33)37-15-14-36-21-10-3-18(4-11-21)5-13-24-28(34)32-29(35)38-24/h2-4,6-13,16H,5,14-15H2,1H3,(H,31,33)(H,32,34,35). The lowest BCUT2D eigenvalue weighted by Gasteiger charge is -2.14. The number of hydrogen-bond acceptors (Lipinski definition) is 6. The number of aromatic amines is 1. The van der Waals surface area contributed by atoms with Crippen molar-refractivity contribution in [1.82, 2.24) is 10.3 Å². The first kappa shape index (κ1) is 25.6. The predicted octanol–water partition coefficient (Wildman–Crippen LogP) is 6.02. The molecule has 0 radical (unpaired) electrons. The number of benzene rings is 3. The van der Waals surface area contributed by atoms with Crippen LogP contribution in [0.4, 0.5) is 4.79 Å². The van der Waals surface area contributed by atoms with Crippen molar-refractivity contribution < 1.29 is 19.1 Å². The van der Waals surface area contributed by atoms with E-state index in [1.807, 2.05) is 55.5 Å². The molecule has 2 heterocycles. The molecule has 9 heteroatoms. The van der Waals surface area contributed by atoms with Crippen molar-refractivity contribution in [2.75, 3.05) is 13.2 Å². The maximum atomic E-state index is 13.3. The summed E-state index contributed by atoms with van der Waals surface area (Å²) in [4.78, 5) is 40.0. The van der Waals surface area contributed by atoms with Gasteiger partial charge in [0.2, 0.25) is 5.43 Å². The first-order chi connectivity index (χ1) is 18.4. The first-order valence-corrected chi connectivity index (χ1v) is 13.1. The second-order valence-corrected chi connectivity index (χ2v) is 10.1. The third-order valence-electron chi connectivity index (χ3n) is 5.93. The van der Waals surface area contributed by atoms with Gasteiger partial charge in [-0.05, 0) is 72.6 Å². The van der Waals surface area contributed by atoms with Crippen molar-refractivity contribution in [3.05, 3.63) is 104 Å². The Balaban J connectivity index is 1.26. The number of H-pyrrole nitrogens is 1. The summed E-state index contributed by atoms with van der Waals surface area (Å²) in [5.74, 6) is 0.511. The molecule has 38 heavy (non-hydrogen) atoms. The summed E-state index contributed by atoms with van der Waals surface area (Å²) in [7, 11) is 0. The van der Waals surface area contributed by atoms with E-state index in [-0.39, 0.29) is 35.5 Å². The molecule has 0 bridgehead atoms. The SMILES string of the molecule is Cc1ccc2c(=O)c(OCCOc3ccc(CC=C4SC(=O)NC4=O)cc3)c(-c3ccc(Cl)cc3)[nH]c2c1. The number of halogens is 1. The van der Waals surface area contributed by atoms with E-state index in [4.69, 9.17) is 21.1 Å². The molecule has 1 aromatic heterocycles. The second-order valence-electron chi connectivity index (χ2n) is 8.67. The van der Waals surface area contributed by atoms with Crippen LogP contribution in [0, 0.1) is 6.92 Å². The van der Waals surface area contributed by atoms with Crippen LogP contribution in [0.15, 0.2) is 82.5 Å². The zero-order chi connectivity index (χ0) is 26.6. The number of pyridine rings is 1. The molecule has 4 aromatic rings. The van der Waals surface area contributed by atoms with E-state index in [2.05, 4.69) is 10.3 Å².